The molecular formula is C12H8F2N2O. The standard InChI is InChI=1S/C12H8F2N2O/c13-8-5-6-11(15-7-8)16-12(17)9-3-1-2-4-10(9)14/h1-7H,(H,15,16,17). The van der Waals surface area contributed by atoms with E-state index in [0.29, 0.717) is 0 Å². The van der Waals surface area contributed by atoms with Gasteiger partial charge >= 0.3 is 0 Å². The quantitative estimate of drug-likeness (QED) is 0.867. The molecule has 2 aromatic rings. The van der Waals surface area contributed by atoms with Crippen molar-refractivity contribution in [2.75, 3.05) is 5.32 Å². The van der Waals surface area contributed by atoms with Crippen molar-refractivity contribution in [1.29, 1.82) is 0 Å². The number of amides is 1. The van der Waals surface area contributed by atoms with E-state index in [9.17, 15) is 13.6 Å². The maximum absolute atomic E-state index is 13.3. The molecule has 0 unspecified atom stereocenters. The number of hydrogen-bond acceptors (Lipinski definition) is 2. The lowest BCUT2D eigenvalue weighted by Gasteiger charge is -2.04. The Bertz CT molecular complexity index is 540. The average Bonchev–Trinajstić information content (AvgIpc) is 2.32. The van der Waals surface area contributed by atoms with Gasteiger partial charge in [-0.1, -0.05) is 12.1 Å². The average molecular weight is 234 g/mol. The lowest BCUT2D eigenvalue weighted by atomic mass is 10.2. The summed E-state index contributed by atoms with van der Waals surface area (Å²) in [6.45, 7) is 0. The van der Waals surface area contributed by atoms with Crippen LogP contribution in [0.2, 0.25) is 0 Å². The molecule has 1 heterocycles. The van der Waals surface area contributed by atoms with Gasteiger partial charge in [-0.3, -0.25) is 4.79 Å². The fourth-order valence-corrected chi connectivity index (χ4v) is 1.28. The van der Waals surface area contributed by atoms with Crippen molar-refractivity contribution < 1.29 is 13.6 Å². The maximum atomic E-state index is 13.3. The number of carbonyl (C=O) groups excluding carboxylic acids is 1. The van der Waals surface area contributed by atoms with E-state index in [4.69, 9.17) is 0 Å². The van der Waals surface area contributed by atoms with Gasteiger partial charge in [0.2, 0.25) is 0 Å². The first-order chi connectivity index (χ1) is 8.16. The predicted molar refractivity (Wildman–Crippen MR) is 58.5 cm³/mol. The van der Waals surface area contributed by atoms with Crippen LogP contribution in [0.25, 0.3) is 0 Å². The molecule has 0 atom stereocenters. The highest BCUT2D eigenvalue weighted by Crippen LogP contribution is 2.10. The van der Waals surface area contributed by atoms with E-state index in [2.05, 4.69) is 10.3 Å². The summed E-state index contributed by atoms with van der Waals surface area (Å²) in [5.74, 6) is -1.58. The van der Waals surface area contributed by atoms with E-state index in [1.165, 1.54) is 24.3 Å². The molecule has 0 aliphatic heterocycles. The molecule has 86 valence electrons. The summed E-state index contributed by atoms with van der Waals surface area (Å²) in [6.07, 6.45) is 0.969. The molecule has 0 bridgehead atoms. The molecule has 1 aromatic heterocycles. The predicted octanol–water partition coefficient (Wildman–Crippen LogP) is 2.61. The van der Waals surface area contributed by atoms with Crippen molar-refractivity contribution in [2.45, 2.75) is 0 Å². The molecule has 0 saturated carbocycles. The Morgan fingerprint density at radius 3 is 2.53 bits per heavy atom. The highest BCUT2D eigenvalue weighted by Gasteiger charge is 2.11. The molecule has 0 aliphatic carbocycles. The van der Waals surface area contributed by atoms with Gasteiger partial charge in [0.05, 0.1) is 11.8 Å². The lowest BCUT2D eigenvalue weighted by Crippen LogP contribution is -2.14. The van der Waals surface area contributed by atoms with Crippen molar-refractivity contribution >= 4 is 11.7 Å². The molecule has 0 radical (unpaired) electrons. The van der Waals surface area contributed by atoms with Gasteiger partial charge in [-0.15, -0.1) is 0 Å². The molecule has 0 aliphatic rings. The largest absolute Gasteiger partial charge is 0.306 e. The Morgan fingerprint density at radius 2 is 1.88 bits per heavy atom. The monoisotopic (exact) mass is 234 g/mol. The van der Waals surface area contributed by atoms with Gasteiger partial charge in [0.15, 0.2) is 0 Å². The Labute approximate surface area is 96.1 Å². The van der Waals surface area contributed by atoms with E-state index in [1.807, 2.05) is 0 Å². The fraction of sp³-hybridized carbons (Fsp3) is 0. The van der Waals surface area contributed by atoms with E-state index in [1.54, 1.807) is 6.07 Å². The van der Waals surface area contributed by atoms with Crippen molar-refractivity contribution in [2.24, 2.45) is 0 Å². The van der Waals surface area contributed by atoms with Crippen LogP contribution >= 0.6 is 0 Å². The van der Waals surface area contributed by atoms with Crippen LogP contribution in [0.3, 0.4) is 0 Å². The molecule has 0 spiro atoms. The number of pyridine rings is 1. The van der Waals surface area contributed by atoms with Gasteiger partial charge in [0, 0.05) is 0 Å². The number of carbonyl (C=O) groups is 1. The van der Waals surface area contributed by atoms with Crippen LogP contribution in [-0.2, 0) is 0 Å². The molecule has 1 N–H and O–H groups in total. The second-order valence-electron chi connectivity index (χ2n) is 3.30. The van der Waals surface area contributed by atoms with Crippen LogP contribution in [0.1, 0.15) is 10.4 Å². The van der Waals surface area contributed by atoms with Crippen LogP contribution < -0.4 is 5.32 Å². The summed E-state index contributed by atoms with van der Waals surface area (Å²) in [7, 11) is 0. The van der Waals surface area contributed by atoms with E-state index in [-0.39, 0.29) is 11.4 Å². The second kappa shape index (κ2) is 4.69. The molecule has 2 rings (SSSR count). The molecule has 5 heteroatoms. The first kappa shape index (κ1) is 11.2. The van der Waals surface area contributed by atoms with E-state index < -0.39 is 17.5 Å². The Balaban J connectivity index is 2.17. The fourth-order valence-electron chi connectivity index (χ4n) is 1.28. The van der Waals surface area contributed by atoms with Crippen LogP contribution in [0.4, 0.5) is 14.6 Å². The van der Waals surface area contributed by atoms with Gasteiger partial charge in [0.1, 0.15) is 17.5 Å². The zero-order chi connectivity index (χ0) is 12.3. The number of hydrogen-bond donors (Lipinski definition) is 1. The summed E-state index contributed by atoms with van der Waals surface area (Å²) >= 11 is 0. The SMILES string of the molecule is O=C(Nc1ccc(F)cn1)c1ccccc1F. The summed E-state index contributed by atoms with van der Waals surface area (Å²) in [4.78, 5) is 15.3. The van der Waals surface area contributed by atoms with Crippen LogP contribution in [0.15, 0.2) is 42.6 Å². The van der Waals surface area contributed by atoms with Gasteiger partial charge in [-0.2, -0.15) is 0 Å². The van der Waals surface area contributed by atoms with Crippen molar-refractivity contribution in [3.05, 3.63) is 59.8 Å². The molecular weight excluding hydrogens is 226 g/mol. The Kier molecular flexibility index (Phi) is 3.09. The van der Waals surface area contributed by atoms with E-state index in [0.717, 1.165) is 12.3 Å². The second-order valence-corrected chi connectivity index (χ2v) is 3.30. The van der Waals surface area contributed by atoms with Gasteiger partial charge in [-0.05, 0) is 24.3 Å². The minimum Gasteiger partial charge on any atom is -0.306 e. The van der Waals surface area contributed by atoms with E-state index >= 15 is 0 Å². The summed E-state index contributed by atoms with van der Waals surface area (Å²) < 4.78 is 25.8. The smallest absolute Gasteiger partial charge is 0.259 e. The molecule has 17 heavy (non-hydrogen) atoms. The van der Waals surface area contributed by atoms with Crippen LogP contribution in [0.5, 0.6) is 0 Å². The number of anilines is 1. The van der Waals surface area contributed by atoms with Gasteiger partial charge in [0.25, 0.3) is 5.91 Å². The minimum absolute atomic E-state index is 0.0846. The first-order valence-electron chi connectivity index (χ1n) is 4.84. The maximum Gasteiger partial charge on any atom is 0.259 e. The summed E-state index contributed by atoms with van der Waals surface area (Å²) in [5, 5.41) is 2.37. The van der Waals surface area contributed by atoms with Gasteiger partial charge < -0.3 is 5.32 Å². The van der Waals surface area contributed by atoms with Crippen LogP contribution in [0, 0.1) is 11.6 Å². The van der Waals surface area contributed by atoms with Crippen molar-refractivity contribution in [1.82, 2.24) is 4.98 Å². The summed E-state index contributed by atoms with van der Waals surface area (Å²) in [6, 6.07) is 8.04. The Hall–Kier alpha value is -2.30. The minimum atomic E-state index is -0.623. The summed E-state index contributed by atoms with van der Waals surface area (Å²) in [5.41, 5.74) is -0.0846. The third-order valence-corrected chi connectivity index (χ3v) is 2.09. The van der Waals surface area contributed by atoms with Crippen molar-refractivity contribution in [3.8, 4) is 0 Å². The third-order valence-electron chi connectivity index (χ3n) is 2.09. The highest BCUT2D eigenvalue weighted by molar-refractivity contribution is 6.03. The van der Waals surface area contributed by atoms with Gasteiger partial charge in [-0.25, -0.2) is 13.8 Å². The molecule has 1 aromatic carbocycles. The number of rotatable bonds is 2. The normalized spacial score (nSPS) is 10.0. The number of aromatic nitrogens is 1. The van der Waals surface area contributed by atoms with Crippen molar-refractivity contribution in [3.63, 3.8) is 0 Å². The lowest BCUT2D eigenvalue weighted by molar-refractivity contribution is 0.102. The van der Waals surface area contributed by atoms with Crippen LogP contribution in [-0.4, -0.2) is 10.9 Å². The third kappa shape index (κ3) is 2.63. The molecule has 0 fully saturated rings. The topological polar surface area (TPSA) is 42.0 Å². The molecule has 1 amide bonds. The number of halogens is 2. The zero-order valence-corrected chi connectivity index (χ0v) is 8.65. The molecule has 3 nitrogen and oxygen atoms in total. The highest BCUT2D eigenvalue weighted by atomic mass is 19.1. The number of benzene rings is 1. The first-order valence-corrected chi connectivity index (χ1v) is 4.84. The number of nitrogens with one attached hydrogen (secondary N) is 1. The Morgan fingerprint density at radius 1 is 1.12 bits per heavy atom. The molecule has 0 saturated heterocycles. The zero-order valence-electron chi connectivity index (χ0n) is 8.65. The number of nitrogens with zero attached hydrogens (tertiary/aromatic N) is 1.